The molecule has 2 rings (SSSR count). The maximum Gasteiger partial charge on any atom is 0.433 e. The van der Waals surface area contributed by atoms with Gasteiger partial charge in [0, 0.05) is 28.2 Å². The largest absolute Gasteiger partial charge is 0.433 e. The van der Waals surface area contributed by atoms with E-state index in [-0.39, 0.29) is 5.56 Å². The van der Waals surface area contributed by atoms with Crippen molar-refractivity contribution in [3.63, 3.8) is 0 Å². The van der Waals surface area contributed by atoms with Gasteiger partial charge >= 0.3 is 6.18 Å². The fourth-order valence-corrected chi connectivity index (χ4v) is 2.46. The topological polar surface area (TPSA) is 24.9 Å². The lowest BCUT2D eigenvalue weighted by molar-refractivity contribution is -0.141. The summed E-state index contributed by atoms with van der Waals surface area (Å²) in [5.74, 6) is 0. The van der Waals surface area contributed by atoms with E-state index in [2.05, 4.69) is 26.2 Å². The van der Waals surface area contributed by atoms with Crippen LogP contribution in [-0.2, 0) is 6.18 Å². The molecule has 0 aliphatic rings. The Kier molecular flexibility index (Phi) is 3.47. The molecular weight excluding hydrogens is 321 g/mol. The highest BCUT2D eigenvalue weighted by molar-refractivity contribution is 9.10. The summed E-state index contributed by atoms with van der Waals surface area (Å²) < 4.78 is 39.8. The number of nitrogens with one attached hydrogen (secondary N) is 1. The zero-order valence-corrected chi connectivity index (χ0v) is 12.2. The number of hydrogen-bond donors (Lipinski definition) is 1. The van der Waals surface area contributed by atoms with E-state index < -0.39 is 11.9 Å². The third kappa shape index (κ3) is 2.29. The fourth-order valence-electron chi connectivity index (χ4n) is 2.14. The quantitative estimate of drug-likeness (QED) is 0.820. The van der Waals surface area contributed by atoms with Gasteiger partial charge in [0.25, 0.3) is 0 Å². The van der Waals surface area contributed by atoms with Crippen LogP contribution in [0.5, 0.6) is 0 Å². The van der Waals surface area contributed by atoms with Gasteiger partial charge in [-0.05, 0) is 31.5 Å². The van der Waals surface area contributed by atoms with Gasteiger partial charge in [0.2, 0.25) is 0 Å². The molecule has 0 bridgehead atoms. The normalized spacial score (nSPS) is 11.9. The van der Waals surface area contributed by atoms with Crippen LogP contribution in [0, 0.1) is 13.8 Å². The Morgan fingerprint density at radius 3 is 2.32 bits per heavy atom. The van der Waals surface area contributed by atoms with Crippen molar-refractivity contribution in [2.45, 2.75) is 20.0 Å². The molecule has 1 heterocycles. The average molecular weight is 333 g/mol. The van der Waals surface area contributed by atoms with Crippen LogP contribution in [0.2, 0.25) is 0 Å². The molecule has 0 aliphatic heterocycles. The van der Waals surface area contributed by atoms with Crippen LogP contribution in [-0.4, -0.2) is 12.0 Å². The number of pyridine rings is 1. The van der Waals surface area contributed by atoms with Crippen molar-refractivity contribution >= 4 is 32.5 Å². The number of anilines is 1. The van der Waals surface area contributed by atoms with Crippen LogP contribution < -0.4 is 5.32 Å². The number of aryl methyl sites for hydroxylation is 1. The summed E-state index contributed by atoms with van der Waals surface area (Å²) >= 11 is 3.31. The number of halogens is 4. The lowest BCUT2D eigenvalue weighted by Gasteiger charge is -2.17. The molecule has 0 amide bonds. The first-order valence-corrected chi connectivity index (χ1v) is 6.41. The molecule has 0 fully saturated rings. The molecule has 0 atom stereocenters. The average Bonchev–Trinajstić information content (AvgIpc) is 2.32. The van der Waals surface area contributed by atoms with E-state index >= 15 is 0 Å². The Morgan fingerprint density at radius 1 is 1.16 bits per heavy atom. The molecular formula is C13H12BrF3N2. The summed E-state index contributed by atoms with van der Waals surface area (Å²) in [4.78, 5) is 3.82. The first-order chi connectivity index (χ1) is 8.77. The van der Waals surface area contributed by atoms with E-state index in [1.165, 1.54) is 6.92 Å². The first-order valence-electron chi connectivity index (χ1n) is 5.61. The second kappa shape index (κ2) is 4.67. The number of hydrogen-bond acceptors (Lipinski definition) is 2. The summed E-state index contributed by atoms with van der Waals surface area (Å²) in [5, 5.41) is 3.53. The van der Waals surface area contributed by atoms with Crippen LogP contribution >= 0.6 is 15.9 Å². The minimum Gasteiger partial charge on any atom is -0.387 e. The van der Waals surface area contributed by atoms with Gasteiger partial charge in [0.15, 0.2) is 0 Å². The Bertz CT molecular complexity index is 651. The van der Waals surface area contributed by atoms with E-state index in [0.717, 1.165) is 4.47 Å². The van der Waals surface area contributed by atoms with Crippen molar-refractivity contribution in [3.8, 4) is 0 Å². The molecule has 0 unspecified atom stereocenters. The molecule has 102 valence electrons. The zero-order chi connectivity index (χ0) is 14.4. The van der Waals surface area contributed by atoms with Gasteiger partial charge in [-0.1, -0.05) is 15.9 Å². The van der Waals surface area contributed by atoms with Crippen molar-refractivity contribution in [2.24, 2.45) is 0 Å². The predicted molar refractivity (Wildman–Crippen MR) is 73.5 cm³/mol. The smallest absolute Gasteiger partial charge is 0.387 e. The van der Waals surface area contributed by atoms with E-state index in [1.54, 1.807) is 20.0 Å². The summed E-state index contributed by atoms with van der Waals surface area (Å²) in [6, 6.07) is 3.57. The van der Waals surface area contributed by atoms with Crippen molar-refractivity contribution in [2.75, 3.05) is 12.4 Å². The Morgan fingerprint density at radius 2 is 1.79 bits per heavy atom. The number of fused-ring (bicyclic) bond motifs is 1. The minimum atomic E-state index is -4.46. The van der Waals surface area contributed by atoms with Crippen LogP contribution in [0.15, 0.2) is 16.6 Å². The minimum absolute atomic E-state index is 0.115. The number of alkyl halides is 3. The van der Waals surface area contributed by atoms with E-state index in [0.29, 0.717) is 22.2 Å². The third-order valence-electron chi connectivity index (χ3n) is 3.11. The van der Waals surface area contributed by atoms with Gasteiger partial charge in [0.1, 0.15) is 5.69 Å². The summed E-state index contributed by atoms with van der Waals surface area (Å²) in [5.41, 5.74) is 0.791. The number of rotatable bonds is 1. The lowest BCUT2D eigenvalue weighted by Crippen LogP contribution is -2.13. The maximum atomic E-state index is 13.0. The molecule has 0 aliphatic carbocycles. The highest BCUT2D eigenvalue weighted by atomic mass is 79.9. The molecule has 0 saturated heterocycles. The van der Waals surface area contributed by atoms with Crippen LogP contribution in [0.4, 0.5) is 18.9 Å². The van der Waals surface area contributed by atoms with Crippen molar-refractivity contribution < 1.29 is 13.2 Å². The lowest BCUT2D eigenvalue weighted by atomic mass is 10.0. The second-order valence-corrected chi connectivity index (χ2v) is 5.13. The molecule has 0 spiro atoms. The zero-order valence-electron chi connectivity index (χ0n) is 10.6. The molecule has 19 heavy (non-hydrogen) atoms. The molecule has 1 aromatic carbocycles. The van der Waals surface area contributed by atoms with Gasteiger partial charge in [0.05, 0.1) is 5.52 Å². The second-order valence-electron chi connectivity index (χ2n) is 4.28. The maximum absolute atomic E-state index is 13.0. The molecule has 1 aromatic heterocycles. The SMILES string of the molecule is CNc1c(C)c(C(F)(F)F)nc2c(C)c(Br)ccc12. The van der Waals surface area contributed by atoms with Gasteiger partial charge in [-0.15, -0.1) is 0 Å². The van der Waals surface area contributed by atoms with Gasteiger partial charge < -0.3 is 5.32 Å². The Hall–Kier alpha value is -1.30. The molecule has 0 saturated carbocycles. The van der Waals surface area contributed by atoms with Crippen molar-refractivity contribution in [1.82, 2.24) is 4.98 Å². The van der Waals surface area contributed by atoms with Crippen LogP contribution in [0.1, 0.15) is 16.8 Å². The monoisotopic (exact) mass is 332 g/mol. The number of aromatic nitrogens is 1. The highest BCUT2D eigenvalue weighted by Crippen LogP contribution is 2.38. The fraction of sp³-hybridized carbons (Fsp3) is 0.308. The number of nitrogens with zero attached hydrogens (tertiary/aromatic N) is 1. The predicted octanol–water partition coefficient (Wildman–Crippen LogP) is 4.67. The van der Waals surface area contributed by atoms with Gasteiger partial charge in [-0.3, -0.25) is 0 Å². The van der Waals surface area contributed by atoms with E-state index in [4.69, 9.17) is 0 Å². The molecule has 2 aromatic rings. The molecule has 2 nitrogen and oxygen atoms in total. The summed E-state index contributed by atoms with van der Waals surface area (Å²) in [7, 11) is 1.61. The van der Waals surface area contributed by atoms with Crippen LogP contribution in [0.25, 0.3) is 10.9 Å². The van der Waals surface area contributed by atoms with Gasteiger partial charge in [-0.25, -0.2) is 4.98 Å². The molecule has 1 N–H and O–H groups in total. The Balaban J connectivity index is 2.96. The van der Waals surface area contributed by atoms with Crippen molar-refractivity contribution in [3.05, 3.63) is 33.4 Å². The first kappa shape index (κ1) is 14.1. The van der Waals surface area contributed by atoms with Crippen LogP contribution in [0.3, 0.4) is 0 Å². The summed E-state index contributed by atoms with van der Waals surface area (Å²) in [6.07, 6.45) is -4.46. The summed E-state index contributed by atoms with van der Waals surface area (Å²) in [6.45, 7) is 3.17. The number of benzene rings is 1. The third-order valence-corrected chi connectivity index (χ3v) is 3.97. The van der Waals surface area contributed by atoms with Gasteiger partial charge in [-0.2, -0.15) is 13.2 Å². The van der Waals surface area contributed by atoms with E-state index in [1.807, 2.05) is 6.07 Å². The van der Waals surface area contributed by atoms with E-state index in [9.17, 15) is 13.2 Å². The molecule has 0 radical (unpaired) electrons. The highest BCUT2D eigenvalue weighted by Gasteiger charge is 2.36. The molecule has 6 heteroatoms. The van der Waals surface area contributed by atoms with Crippen molar-refractivity contribution in [1.29, 1.82) is 0 Å². The standard InChI is InChI=1S/C13H12BrF3N2/c1-6-9(14)5-4-8-10(18-3)7(2)12(13(15,16)17)19-11(6)8/h4-5H,1-3H3,(H,18,19). The Labute approximate surface area is 117 Å².